The van der Waals surface area contributed by atoms with Crippen LogP contribution in [0.25, 0.3) is 0 Å². The maximum atomic E-state index is 16.6. The number of rotatable bonds is 11. The molecule has 3 fully saturated rings. The fourth-order valence-corrected chi connectivity index (χ4v) is 10.8. The molecule has 4 aliphatic rings. The Kier molecular flexibility index (Phi) is 9.57. The molecule has 0 aromatic heterocycles. The summed E-state index contributed by atoms with van der Waals surface area (Å²) < 4.78 is 33.7. The molecule has 0 aliphatic carbocycles. The van der Waals surface area contributed by atoms with Gasteiger partial charge in [-0.3, -0.25) is 19.4 Å². The molecule has 4 heterocycles. The van der Waals surface area contributed by atoms with E-state index in [0.717, 1.165) is 11.1 Å². The number of carbonyl (C=O) groups is 4. The number of halogens is 1. The Morgan fingerprint density at radius 2 is 1.56 bits per heavy atom. The number of amides is 4. The SMILES string of the molecule is C[C@@H]1[C@@H]([Si](C)(C)F)[C@H](CC(=O)N(CCO)Cc2ccccc2)O[C@@]12C(=O)N(Cc1ccc(N3CCOC3=O)cc1)c1ccc(N3CCOC3=O)cc12. The lowest BCUT2D eigenvalue weighted by atomic mass is 9.82. The largest absolute Gasteiger partial charge is 0.447 e. The molecule has 7 rings (SSSR count). The predicted octanol–water partition coefficient (Wildman–Crippen LogP) is 5.33. The van der Waals surface area contributed by atoms with Gasteiger partial charge in [0.2, 0.25) is 14.3 Å². The van der Waals surface area contributed by atoms with Gasteiger partial charge in [-0.15, -0.1) is 0 Å². The standard InChI is InChI=1S/C38H43FN4O8Si/c1-25-34(52(2,3)39)32(22-33(45)40(15-18-44)23-26-7-5-4-6-8-26)51-38(25)30-21-29(42-17-20-50-37(42)48)13-14-31(30)43(35(38)46)24-27-9-11-28(12-10-27)41-16-19-49-36(41)47/h4-14,21,25,32,34,44H,15-20,22-24H2,1-3H3/t25-,32+,34-,38+/m1/s1. The van der Waals surface area contributed by atoms with Crippen LogP contribution in [0.5, 0.6) is 0 Å². The lowest BCUT2D eigenvalue weighted by Crippen LogP contribution is -2.45. The highest BCUT2D eigenvalue weighted by atomic mass is 28.4. The molecule has 3 saturated heterocycles. The molecular formula is C38H43FN4O8Si. The maximum Gasteiger partial charge on any atom is 0.414 e. The van der Waals surface area contributed by atoms with Crippen molar-refractivity contribution in [1.29, 1.82) is 0 Å². The van der Waals surface area contributed by atoms with E-state index in [1.165, 1.54) is 9.80 Å². The third-order valence-corrected chi connectivity index (χ3v) is 13.1. The summed E-state index contributed by atoms with van der Waals surface area (Å²) >= 11 is 0. The fraction of sp³-hybridized carbons (Fsp3) is 0.421. The van der Waals surface area contributed by atoms with Gasteiger partial charge in [-0.1, -0.05) is 49.4 Å². The van der Waals surface area contributed by atoms with Crippen LogP contribution in [0.1, 0.15) is 30.0 Å². The number of hydrogen-bond acceptors (Lipinski definition) is 8. The molecule has 274 valence electrons. The Morgan fingerprint density at radius 3 is 2.15 bits per heavy atom. The van der Waals surface area contributed by atoms with Gasteiger partial charge in [0.15, 0.2) is 5.60 Å². The zero-order valence-electron chi connectivity index (χ0n) is 29.5. The molecule has 14 heteroatoms. The molecule has 1 N–H and O–H groups in total. The molecule has 4 aliphatic heterocycles. The van der Waals surface area contributed by atoms with Crippen molar-refractivity contribution in [2.24, 2.45) is 5.92 Å². The Morgan fingerprint density at radius 1 is 0.923 bits per heavy atom. The minimum Gasteiger partial charge on any atom is -0.447 e. The minimum absolute atomic E-state index is 0.0881. The van der Waals surface area contributed by atoms with Crippen LogP contribution in [0, 0.1) is 5.92 Å². The topological polar surface area (TPSA) is 129 Å². The molecular weight excluding hydrogens is 688 g/mol. The molecule has 0 bridgehead atoms. The van der Waals surface area contributed by atoms with E-state index in [9.17, 15) is 24.3 Å². The first-order valence-corrected chi connectivity index (χ1v) is 20.6. The van der Waals surface area contributed by atoms with Crippen LogP contribution < -0.4 is 14.7 Å². The number of hydrogen-bond donors (Lipinski definition) is 1. The quantitative estimate of drug-likeness (QED) is 0.207. The van der Waals surface area contributed by atoms with Gasteiger partial charge in [-0.2, -0.15) is 0 Å². The van der Waals surface area contributed by atoms with E-state index in [1.807, 2.05) is 49.4 Å². The second-order valence-corrected chi connectivity index (χ2v) is 18.1. The summed E-state index contributed by atoms with van der Waals surface area (Å²) in [6.45, 7) is 6.57. The van der Waals surface area contributed by atoms with Crippen molar-refractivity contribution in [3.63, 3.8) is 0 Å². The number of ether oxygens (including phenoxy) is 3. The second-order valence-electron chi connectivity index (χ2n) is 14.3. The summed E-state index contributed by atoms with van der Waals surface area (Å²) in [5.41, 5.74) is 1.58. The van der Waals surface area contributed by atoms with Gasteiger partial charge in [-0.05, 0) is 54.6 Å². The number of aliphatic hydroxyl groups is 1. The number of carbonyl (C=O) groups excluding carboxylic acids is 4. The lowest BCUT2D eigenvalue weighted by Gasteiger charge is -2.31. The number of fused-ring (bicyclic) bond motifs is 2. The first-order chi connectivity index (χ1) is 24.9. The average molecular weight is 731 g/mol. The van der Waals surface area contributed by atoms with Gasteiger partial charge >= 0.3 is 12.2 Å². The summed E-state index contributed by atoms with van der Waals surface area (Å²) in [7, 11) is -3.60. The zero-order valence-corrected chi connectivity index (χ0v) is 30.5. The Labute approximate surface area is 302 Å². The summed E-state index contributed by atoms with van der Waals surface area (Å²) in [4.78, 5) is 59.9. The van der Waals surface area contributed by atoms with Crippen LogP contribution >= 0.6 is 0 Å². The van der Waals surface area contributed by atoms with Gasteiger partial charge in [0.25, 0.3) is 5.91 Å². The van der Waals surface area contributed by atoms with Crippen molar-refractivity contribution < 1.29 is 42.6 Å². The first-order valence-electron chi connectivity index (χ1n) is 17.7. The fourth-order valence-electron chi connectivity index (χ4n) is 8.30. The monoisotopic (exact) mass is 730 g/mol. The highest BCUT2D eigenvalue weighted by Crippen LogP contribution is 2.61. The molecule has 3 aromatic rings. The van der Waals surface area contributed by atoms with E-state index in [2.05, 4.69) is 0 Å². The van der Waals surface area contributed by atoms with Crippen molar-refractivity contribution in [3.8, 4) is 0 Å². The predicted molar refractivity (Wildman–Crippen MR) is 193 cm³/mol. The van der Waals surface area contributed by atoms with Crippen LogP contribution in [-0.4, -0.2) is 88.0 Å². The first kappa shape index (κ1) is 35.6. The molecule has 12 nitrogen and oxygen atoms in total. The zero-order chi connectivity index (χ0) is 36.8. The molecule has 52 heavy (non-hydrogen) atoms. The molecule has 4 atom stereocenters. The number of anilines is 3. The van der Waals surface area contributed by atoms with Gasteiger partial charge in [-0.25, -0.2) is 9.59 Å². The van der Waals surface area contributed by atoms with Crippen molar-refractivity contribution in [1.82, 2.24) is 4.90 Å². The molecule has 4 amide bonds. The van der Waals surface area contributed by atoms with E-state index in [0.29, 0.717) is 42.3 Å². The highest BCUT2D eigenvalue weighted by molar-refractivity contribution is 6.72. The van der Waals surface area contributed by atoms with Crippen LogP contribution in [0.15, 0.2) is 72.8 Å². The van der Waals surface area contributed by atoms with Gasteiger partial charge in [0, 0.05) is 41.5 Å². The number of cyclic esters (lactones) is 2. The van der Waals surface area contributed by atoms with Gasteiger partial charge in [0.1, 0.15) is 13.2 Å². The Hall–Kier alpha value is -4.79. The van der Waals surface area contributed by atoms with Crippen molar-refractivity contribution >= 4 is 49.5 Å². The summed E-state index contributed by atoms with van der Waals surface area (Å²) in [5.74, 6) is -1.36. The van der Waals surface area contributed by atoms with Crippen LogP contribution in [0.3, 0.4) is 0 Å². The van der Waals surface area contributed by atoms with Crippen LogP contribution in [-0.2, 0) is 42.5 Å². The van der Waals surface area contributed by atoms with Crippen molar-refractivity contribution in [2.75, 3.05) is 54.2 Å². The number of nitrogens with zero attached hydrogens (tertiary/aromatic N) is 4. The third-order valence-electron chi connectivity index (χ3n) is 10.7. The van der Waals surface area contributed by atoms with Crippen molar-refractivity contribution in [3.05, 3.63) is 89.5 Å². The van der Waals surface area contributed by atoms with Gasteiger partial charge in [0.05, 0.1) is 44.5 Å². The maximum absolute atomic E-state index is 16.6. The Bertz CT molecular complexity index is 1860. The Balaban J connectivity index is 1.24. The lowest BCUT2D eigenvalue weighted by molar-refractivity contribution is -0.150. The molecule has 0 unspecified atom stereocenters. The van der Waals surface area contributed by atoms with E-state index in [4.69, 9.17) is 14.2 Å². The van der Waals surface area contributed by atoms with E-state index in [1.54, 1.807) is 53.2 Å². The highest BCUT2D eigenvalue weighted by Gasteiger charge is 2.67. The normalized spacial score (nSPS) is 24.1. The summed E-state index contributed by atoms with van der Waals surface area (Å²) in [6, 6.07) is 22.0. The average Bonchev–Trinajstić information content (AvgIpc) is 3.87. The van der Waals surface area contributed by atoms with E-state index < -0.39 is 43.8 Å². The van der Waals surface area contributed by atoms with Crippen molar-refractivity contribution in [2.45, 2.75) is 56.8 Å². The molecule has 3 aromatic carbocycles. The van der Waals surface area contributed by atoms with Crippen LogP contribution in [0.4, 0.5) is 30.8 Å². The third kappa shape index (κ3) is 6.32. The summed E-state index contributed by atoms with van der Waals surface area (Å²) in [6.07, 6.45) is -2.02. The molecule has 0 saturated carbocycles. The number of benzene rings is 3. The molecule has 1 spiro atoms. The molecule has 0 radical (unpaired) electrons. The number of aliphatic hydroxyl groups excluding tert-OH is 1. The van der Waals surface area contributed by atoms with Crippen LogP contribution in [0.2, 0.25) is 18.6 Å². The minimum atomic E-state index is -3.60. The second kappa shape index (κ2) is 14.0. The van der Waals surface area contributed by atoms with Gasteiger partial charge < -0.3 is 33.2 Å². The summed E-state index contributed by atoms with van der Waals surface area (Å²) in [5, 5.41) is 9.84. The van der Waals surface area contributed by atoms with E-state index >= 15 is 4.11 Å². The van der Waals surface area contributed by atoms with E-state index in [-0.39, 0.29) is 51.1 Å². The smallest absolute Gasteiger partial charge is 0.414 e.